The van der Waals surface area contributed by atoms with Crippen LogP contribution < -0.4 is 15.5 Å². The summed E-state index contributed by atoms with van der Waals surface area (Å²) in [5.74, 6) is 3.24. The average molecular weight is 348 g/mol. The molecule has 0 spiro atoms. The van der Waals surface area contributed by atoms with Crippen molar-refractivity contribution in [1.82, 2.24) is 15.3 Å². The lowest BCUT2D eigenvalue weighted by Crippen LogP contribution is -2.36. The van der Waals surface area contributed by atoms with Gasteiger partial charge >= 0.3 is 0 Å². The van der Waals surface area contributed by atoms with Gasteiger partial charge in [-0.25, -0.2) is 9.97 Å². The second kappa shape index (κ2) is 10.2. The van der Waals surface area contributed by atoms with E-state index in [1.807, 2.05) is 6.07 Å². The molecule has 1 aliphatic rings. The molecule has 25 heavy (non-hydrogen) atoms. The minimum atomic E-state index is 0.189. The zero-order chi connectivity index (χ0) is 18.1. The van der Waals surface area contributed by atoms with E-state index >= 15 is 0 Å². The molecule has 0 saturated carbocycles. The molecule has 1 amide bonds. The third-order valence-electron chi connectivity index (χ3n) is 4.68. The zero-order valence-corrected chi connectivity index (χ0v) is 15.9. The number of anilines is 2. The van der Waals surface area contributed by atoms with Gasteiger partial charge in [0.05, 0.1) is 0 Å². The number of nitrogens with zero attached hydrogens (tertiary/aromatic N) is 3. The van der Waals surface area contributed by atoms with Crippen molar-refractivity contribution < 1.29 is 4.79 Å². The Hall–Kier alpha value is -1.85. The van der Waals surface area contributed by atoms with Gasteiger partial charge in [-0.2, -0.15) is 0 Å². The van der Waals surface area contributed by atoms with Crippen LogP contribution in [0.5, 0.6) is 0 Å². The highest BCUT2D eigenvalue weighted by atomic mass is 16.1. The lowest BCUT2D eigenvalue weighted by molar-refractivity contribution is -0.121. The van der Waals surface area contributed by atoms with Crippen LogP contribution in [0, 0.1) is 11.8 Å². The minimum Gasteiger partial charge on any atom is -0.370 e. The number of hydrogen-bond donors (Lipinski definition) is 2. The van der Waals surface area contributed by atoms with Crippen molar-refractivity contribution in [3.05, 3.63) is 12.4 Å². The fourth-order valence-corrected chi connectivity index (χ4v) is 3.23. The highest BCUT2D eigenvalue weighted by Crippen LogP contribution is 2.25. The first-order valence-corrected chi connectivity index (χ1v) is 9.66. The molecule has 0 unspecified atom stereocenters. The molecule has 6 nitrogen and oxygen atoms in total. The van der Waals surface area contributed by atoms with E-state index in [1.165, 1.54) is 6.42 Å². The van der Waals surface area contributed by atoms with Crippen molar-refractivity contribution in [3.63, 3.8) is 0 Å². The van der Waals surface area contributed by atoms with Crippen LogP contribution in [0.3, 0.4) is 0 Å². The van der Waals surface area contributed by atoms with Crippen LogP contribution in [0.2, 0.25) is 0 Å². The van der Waals surface area contributed by atoms with Crippen molar-refractivity contribution in [2.75, 3.05) is 36.4 Å². The first-order chi connectivity index (χ1) is 12.1. The molecule has 2 rings (SSSR count). The van der Waals surface area contributed by atoms with Gasteiger partial charge in [-0.1, -0.05) is 13.8 Å². The molecule has 1 atom stereocenters. The molecule has 1 aliphatic heterocycles. The summed E-state index contributed by atoms with van der Waals surface area (Å²) >= 11 is 0. The van der Waals surface area contributed by atoms with E-state index in [0.717, 1.165) is 57.1 Å². The van der Waals surface area contributed by atoms with E-state index in [0.29, 0.717) is 18.3 Å². The number of rotatable bonds is 9. The van der Waals surface area contributed by atoms with Gasteiger partial charge in [-0.05, 0) is 44.4 Å². The minimum absolute atomic E-state index is 0.189. The molecule has 1 fully saturated rings. The van der Waals surface area contributed by atoms with Crippen molar-refractivity contribution >= 4 is 17.5 Å². The van der Waals surface area contributed by atoms with Crippen LogP contribution in [0.25, 0.3) is 0 Å². The summed E-state index contributed by atoms with van der Waals surface area (Å²) in [5, 5.41) is 6.27. The number of aromatic nitrogens is 2. The molecule has 2 heterocycles. The number of carbonyl (C=O) groups is 1. The lowest BCUT2D eigenvalue weighted by atomic mass is 9.93. The Morgan fingerprint density at radius 1 is 1.40 bits per heavy atom. The predicted octanol–water partition coefficient (Wildman–Crippen LogP) is 3.07. The number of carbonyl (C=O) groups excluding carboxylic acids is 1. The summed E-state index contributed by atoms with van der Waals surface area (Å²) < 4.78 is 0. The van der Waals surface area contributed by atoms with Crippen molar-refractivity contribution in [3.8, 4) is 0 Å². The number of nitrogens with one attached hydrogen (secondary N) is 2. The third-order valence-corrected chi connectivity index (χ3v) is 4.68. The summed E-state index contributed by atoms with van der Waals surface area (Å²) in [5.41, 5.74) is 0. The van der Waals surface area contributed by atoms with E-state index in [-0.39, 0.29) is 5.91 Å². The molecule has 140 valence electrons. The quantitative estimate of drug-likeness (QED) is 0.718. The first kappa shape index (κ1) is 19.5. The highest BCUT2D eigenvalue weighted by molar-refractivity contribution is 5.75. The van der Waals surface area contributed by atoms with Gasteiger partial charge in [-0.3, -0.25) is 4.79 Å². The van der Waals surface area contributed by atoms with E-state index in [1.54, 1.807) is 6.33 Å². The lowest BCUT2D eigenvalue weighted by Gasteiger charge is -2.33. The van der Waals surface area contributed by atoms with Gasteiger partial charge in [-0.15, -0.1) is 0 Å². The summed E-state index contributed by atoms with van der Waals surface area (Å²) in [4.78, 5) is 23.0. The summed E-state index contributed by atoms with van der Waals surface area (Å²) in [7, 11) is 0. The molecule has 0 aliphatic carbocycles. The predicted molar refractivity (Wildman–Crippen MR) is 103 cm³/mol. The standard InChI is InChI=1S/C19H33N5O/c1-4-20-17-12-18(23-14-22-17)24-11-5-6-16(13-24)7-8-19(25)21-10-9-15(2)3/h12,14-16H,4-11,13H2,1-3H3,(H,21,25)(H,20,22,23)/t16-/m1/s1. The molecule has 2 N–H and O–H groups in total. The maximum absolute atomic E-state index is 12.0. The van der Waals surface area contributed by atoms with Crippen molar-refractivity contribution in [2.45, 2.75) is 52.9 Å². The van der Waals surface area contributed by atoms with E-state index < -0.39 is 0 Å². The Kier molecular flexibility index (Phi) is 7.95. The van der Waals surface area contributed by atoms with Crippen molar-refractivity contribution in [2.24, 2.45) is 11.8 Å². The molecule has 1 aromatic rings. The highest BCUT2D eigenvalue weighted by Gasteiger charge is 2.22. The smallest absolute Gasteiger partial charge is 0.220 e. The zero-order valence-electron chi connectivity index (χ0n) is 15.9. The van der Waals surface area contributed by atoms with Gasteiger partial charge in [0.2, 0.25) is 5.91 Å². The number of hydrogen-bond acceptors (Lipinski definition) is 5. The van der Waals surface area contributed by atoms with Crippen LogP contribution in [0.4, 0.5) is 11.6 Å². The van der Waals surface area contributed by atoms with Gasteiger partial charge < -0.3 is 15.5 Å². The average Bonchev–Trinajstić information content (AvgIpc) is 2.60. The fourth-order valence-electron chi connectivity index (χ4n) is 3.23. The van der Waals surface area contributed by atoms with E-state index in [9.17, 15) is 4.79 Å². The van der Waals surface area contributed by atoms with E-state index in [4.69, 9.17) is 0 Å². The number of piperidine rings is 1. The summed E-state index contributed by atoms with van der Waals surface area (Å²) in [6.45, 7) is 10.1. The molecule has 1 saturated heterocycles. The van der Waals surface area contributed by atoms with Crippen LogP contribution in [0.1, 0.15) is 52.9 Å². The van der Waals surface area contributed by atoms with Crippen LogP contribution in [0.15, 0.2) is 12.4 Å². The van der Waals surface area contributed by atoms with Crippen LogP contribution >= 0.6 is 0 Å². The van der Waals surface area contributed by atoms with Crippen LogP contribution in [-0.2, 0) is 4.79 Å². The monoisotopic (exact) mass is 347 g/mol. The Balaban J connectivity index is 1.78. The van der Waals surface area contributed by atoms with E-state index in [2.05, 4.69) is 46.3 Å². The Labute approximate surface area is 151 Å². The van der Waals surface area contributed by atoms with Gasteiger partial charge in [0, 0.05) is 38.7 Å². The normalized spacial score (nSPS) is 17.6. The molecule has 1 aromatic heterocycles. The van der Waals surface area contributed by atoms with Gasteiger partial charge in [0.15, 0.2) is 0 Å². The Bertz CT molecular complexity index is 534. The molecule has 0 radical (unpaired) electrons. The molecular formula is C19H33N5O. The maximum Gasteiger partial charge on any atom is 0.220 e. The first-order valence-electron chi connectivity index (χ1n) is 9.66. The summed E-state index contributed by atoms with van der Waals surface area (Å²) in [6, 6.07) is 2.02. The molecule has 6 heteroatoms. The number of amides is 1. The Morgan fingerprint density at radius 2 is 2.24 bits per heavy atom. The molecular weight excluding hydrogens is 314 g/mol. The Morgan fingerprint density at radius 3 is 3.00 bits per heavy atom. The summed E-state index contributed by atoms with van der Waals surface area (Å²) in [6.07, 6.45) is 6.60. The second-order valence-electron chi connectivity index (χ2n) is 7.32. The van der Waals surface area contributed by atoms with Gasteiger partial charge in [0.1, 0.15) is 18.0 Å². The SMILES string of the molecule is CCNc1cc(N2CCC[C@H](CCC(=O)NCCC(C)C)C2)ncn1. The third kappa shape index (κ3) is 6.88. The second-order valence-corrected chi connectivity index (χ2v) is 7.32. The van der Waals surface area contributed by atoms with Gasteiger partial charge in [0.25, 0.3) is 0 Å². The largest absolute Gasteiger partial charge is 0.370 e. The fraction of sp³-hybridized carbons (Fsp3) is 0.737. The molecule has 0 aromatic carbocycles. The maximum atomic E-state index is 12.0. The topological polar surface area (TPSA) is 70.2 Å². The molecule has 0 bridgehead atoms. The van der Waals surface area contributed by atoms with Crippen LogP contribution in [-0.4, -0.2) is 42.1 Å². The van der Waals surface area contributed by atoms with Crippen molar-refractivity contribution in [1.29, 1.82) is 0 Å².